The van der Waals surface area contributed by atoms with Crippen LogP contribution in [0, 0.1) is 13.8 Å². The second-order valence-electron chi connectivity index (χ2n) is 9.37. The van der Waals surface area contributed by atoms with Gasteiger partial charge in [-0.2, -0.15) is 13.2 Å². The minimum atomic E-state index is -4.68. The first kappa shape index (κ1) is 26.7. The molecule has 3 N–H and O–H groups in total. The van der Waals surface area contributed by atoms with Gasteiger partial charge in [0.05, 0.1) is 34.4 Å². The van der Waals surface area contributed by atoms with Crippen molar-refractivity contribution in [1.29, 1.82) is 0 Å². The van der Waals surface area contributed by atoms with Gasteiger partial charge in [-0.25, -0.2) is 9.97 Å². The number of amides is 1. The largest absolute Gasteiger partial charge is 0.417 e. The minimum absolute atomic E-state index is 0.206. The molecule has 10 heteroatoms. The Bertz CT molecular complexity index is 1750. The van der Waals surface area contributed by atoms with Gasteiger partial charge in [-0.15, -0.1) is 0 Å². The molecule has 0 aliphatic heterocycles. The summed E-state index contributed by atoms with van der Waals surface area (Å²) in [5.41, 5.74) is 9.26. The first-order chi connectivity index (χ1) is 19.0. The van der Waals surface area contributed by atoms with Crippen LogP contribution in [0.4, 0.5) is 24.8 Å². The van der Waals surface area contributed by atoms with Crippen LogP contribution in [0.15, 0.2) is 67.0 Å². The predicted molar refractivity (Wildman–Crippen MR) is 148 cm³/mol. The molecule has 202 valence electrons. The van der Waals surface area contributed by atoms with E-state index in [1.807, 2.05) is 39.0 Å². The minimum Gasteiger partial charge on any atom is -0.366 e. The number of aryl methyl sites for hydroxylation is 3. The molecule has 5 rings (SSSR count). The molecule has 1 amide bonds. The number of hydrogen-bond donors (Lipinski definition) is 2. The summed E-state index contributed by atoms with van der Waals surface area (Å²) in [5, 5.41) is 3.87. The van der Waals surface area contributed by atoms with Crippen LogP contribution in [-0.2, 0) is 12.6 Å². The molecule has 0 bridgehead atoms. The van der Waals surface area contributed by atoms with E-state index in [0.717, 1.165) is 28.4 Å². The third-order valence-electron chi connectivity index (χ3n) is 6.58. The number of benzene rings is 2. The zero-order valence-corrected chi connectivity index (χ0v) is 22.0. The number of anilines is 2. The molecule has 0 aliphatic carbocycles. The quantitative estimate of drug-likeness (QED) is 0.245. The maximum atomic E-state index is 14.0. The number of halogens is 3. The van der Waals surface area contributed by atoms with Crippen LogP contribution in [0.3, 0.4) is 0 Å². The summed E-state index contributed by atoms with van der Waals surface area (Å²) in [6.45, 7) is 5.70. The van der Waals surface area contributed by atoms with Gasteiger partial charge >= 0.3 is 6.18 Å². The lowest BCUT2D eigenvalue weighted by Gasteiger charge is -2.17. The van der Waals surface area contributed by atoms with Crippen molar-refractivity contribution in [2.75, 3.05) is 5.32 Å². The number of hydrogen-bond acceptors (Lipinski definition) is 6. The Kier molecular flexibility index (Phi) is 6.93. The van der Waals surface area contributed by atoms with Gasteiger partial charge in [0.1, 0.15) is 0 Å². The highest BCUT2D eigenvalue weighted by Gasteiger charge is 2.35. The number of nitrogens with zero attached hydrogens (tertiary/aromatic N) is 4. The van der Waals surface area contributed by atoms with Crippen LogP contribution in [0.2, 0.25) is 0 Å². The molecule has 0 unspecified atom stereocenters. The van der Waals surface area contributed by atoms with Crippen LogP contribution in [0.1, 0.15) is 39.8 Å². The van der Waals surface area contributed by atoms with E-state index in [1.165, 1.54) is 12.1 Å². The van der Waals surface area contributed by atoms with Crippen LogP contribution in [-0.4, -0.2) is 25.8 Å². The van der Waals surface area contributed by atoms with Crippen molar-refractivity contribution >= 4 is 28.4 Å². The van der Waals surface area contributed by atoms with E-state index in [0.29, 0.717) is 34.8 Å². The molecule has 0 saturated carbocycles. The lowest BCUT2D eigenvalue weighted by atomic mass is 9.90. The topological polar surface area (TPSA) is 107 Å². The molecular weight excluding hydrogens is 517 g/mol. The molecule has 0 fully saturated rings. The number of fused-ring (bicyclic) bond motifs is 1. The van der Waals surface area contributed by atoms with E-state index < -0.39 is 17.6 Å². The summed E-state index contributed by atoms with van der Waals surface area (Å²) in [6, 6.07) is 13.9. The van der Waals surface area contributed by atoms with Gasteiger partial charge < -0.3 is 11.1 Å². The summed E-state index contributed by atoms with van der Waals surface area (Å²) in [4.78, 5) is 30.3. The molecule has 5 aromatic rings. The number of aromatic nitrogens is 4. The van der Waals surface area contributed by atoms with Crippen LogP contribution in [0.5, 0.6) is 0 Å². The lowest BCUT2D eigenvalue weighted by Crippen LogP contribution is -2.16. The molecule has 7 nitrogen and oxygen atoms in total. The van der Waals surface area contributed by atoms with Crippen molar-refractivity contribution in [2.24, 2.45) is 5.73 Å². The smallest absolute Gasteiger partial charge is 0.366 e. The normalized spacial score (nSPS) is 11.6. The summed E-state index contributed by atoms with van der Waals surface area (Å²) < 4.78 is 41.9. The van der Waals surface area contributed by atoms with Gasteiger partial charge in [-0.3, -0.25) is 14.8 Å². The third kappa shape index (κ3) is 5.20. The number of pyridine rings is 2. The number of primary amides is 1. The summed E-state index contributed by atoms with van der Waals surface area (Å²) in [6.07, 6.45) is -0.740. The Balaban J connectivity index is 1.62. The molecule has 0 radical (unpaired) electrons. The van der Waals surface area contributed by atoms with Crippen molar-refractivity contribution in [3.8, 4) is 22.4 Å². The molecular formula is C30H25F3N6O. The van der Waals surface area contributed by atoms with Crippen molar-refractivity contribution in [3.05, 3.63) is 95.1 Å². The molecule has 40 heavy (non-hydrogen) atoms. The van der Waals surface area contributed by atoms with E-state index in [1.54, 1.807) is 30.6 Å². The summed E-state index contributed by atoms with van der Waals surface area (Å²) in [7, 11) is 0. The highest BCUT2D eigenvalue weighted by molar-refractivity contribution is 6.01. The number of nitrogens with two attached hydrogens (primary N) is 1. The highest BCUT2D eigenvalue weighted by atomic mass is 19.4. The van der Waals surface area contributed by atoms with E-state index in [-0.39, 0.29) is 16.7 Å². The Hall–Kier alpha value is -4.86. The first-order valence-corrected chi connectivity index (χ1v) is 12.5. The lowest BCUT2D eigenvalue weighted by molar-refractivity contribution is -0.137. The van der Waals surface area contributed by atoms with Crippen LogP contribution >= 0.6 is 0 Å². The maximum absolute atomic E-state index is 14.0. The zero-order chi connectivity index (χ0) is 28.6. The van der Waals surface area contributed by atoms with Crippen LogP contribution in [0.25, 0.3) is 33.3 Å². The standard InChI is InChI=1S/C30H25F3N6O/c1-4-24-27-19(14-36-29(39-27)37-20-11-9-17(3)35-15-20)13-25(38-24)22-12-18(10-8-16(22)2)26-21(28(34)40)6-5-7-23(26)30(31,32)33/h5-15H,4H2,1-3H3,(H2,34,40)(H,36,37,39). The van der Waals surface area contributed by atoms with Gasteiger partial charge in [-0.05, 0) is 67.8 Å². The summed E-state index contributed by atoms with van der Waals surface area (Å²) >= 11 is 0. The number of alkyl halides is 3. The Morgan fingerprint density at radius 1 is 0.975 bits per heavy atom. The van der Waals surface area contributed by atoms with Crippen molar-refractivity contribution in [2.45, 2.75) is 33.4 Å². The van der Waals surface area contributed by atoms with E-state index in [2.05, 4.69) is 20.3 Å². The first-order valence-electron chi connectivity index (χ1n) is 12.5. The molecule has 2 aromatic carbocycles. The average Bonchev–Trinajstić information content (AvgIpc) is 2.93. The molecule has 3 heterocycles. The zero-order valence-electron chi connectivity index (χ0n) is 22.0. The summed E-state index contributed by atoms with van der Waals surface area (Å²) in [5.74, 6) is -0.549. The van der Waals surface area contributed by atoms with E-state index in [9.17, 15) is 18.0 Å². The second-order valence-corrected chi connectivity index (χ2v) is 9.37. The van der Waals surface area contributed by atoms with Crippen LogP contribution < -0.4 is 11.1 Å². The monoisotopic (exact) mass is 542 g/mol. The second kappa shape index (κ2) is 10.4. The Morgan fingerprint density at radius 2 is 1.77 bits per heavy atom. The number of carbonyl (C=O) groups is 1. The van der Waals surface area contributed by atoms with Crippen molar-refractivity contribution in [1.82, 2.24) is 19.9 Å². The van der Waals surface area contributed by atoms with E-state index >= 15 is 0 Å². The van der Waals surface area contributed by atoms with Crippen molar-refractivity contribution < 1.29 is 18.0 Å². The SMILES string of the molecule is CCc1nc(-c2cc(-c3c(C(N)=O)cccc3C(F)(F)F)ccc2C)cc2cnc(Nc3ccc(C)nc3)nc12. The van der Waals surface area contributed by atoms with Crippen molar-refractivity contribution in [3.63, 3.8) is 0 Å². The number of carbonyl (C=O) groups excluding carboxylic acids is 1. The fourth-order valence-corrected chi connectivity index (χ4v) is 4.58. The highest BCUT2D eigenvalue weighted by Crippen LogP contribution is 2.40. The Morgan fingerprint density at radius 3 is 2.45 bits per heavy atom. The Labute approximate surface area is 228 Å². The molecule has 0 saturated heterocycles. The predicted octanol–water partition coefficient (Wildman–Crippen LogP) is 6.79. The third-order valence-corrected chi connectivity index (χ3v) is 6.58. The van der Waals surface area contributed by atoms with E-state index in [4.69, 9.17) is 10.7 Å². The number of rotatable bonds is 6. The maximum Gasteiger partial charge on any atom is 0.417 e. The average molecular weight is 543 g/mol. The molecule has 3 aromatic heterocycles. The van der Waals surface area contributed by atoms with Gasteiger partial charge in [-0.1, -0.05) is 25.1 Å². The number of nitrogens with one attached hydrogen (secondary N) is 1. The fraction of sp³-hybridized carbons (Fsp3) is 0.167. The van der Waals surface area contributed by atoms with Gasteiger partial charge in [0.25, 0.3) is 0 Å². The van der Waals surface area contributed by atoms with Gasteiger partial charge in [0.15, 0.2) is 0 Å². The molecule has 0 spiro atoms. The van der Waals surface area contributed by atoms with Gasteiger partial charge in [0, 0.05) is 34.0 Å². The molecule has 0 atom stereocenters. The van der Waals surface area contributed by atoms with Gasteiger partial charge in [0.2, 0.25) is 11.9 Å². The fourth-order valence-electron chi connectivity index (χ4n) is 4.58. The molecule has 0 aliphatic rings.